The Morgan fingerprint density at radius 1 is 0.413 bits per heavy atom. The van der Waals surface area contributed by atoms with Gasteiger partial charge in [-0.2, -0.15) is 0 Å². The molecule has 0 amide bonds. The molecule has 13 rings (SSSR count). The summed E-state index contributed by atoms with van der Waals surface area (Å²) in [6.45, 7) is 17.5. The van der Waals surface area contributed by atoms with E-state index in [1.807, 2.05) is 55.4 Å². The van der Waals surface area contributed by atoms with Gasteiger partial charge in [-0.1, -0.05) is 120 Å². The van der Waals surface area contributed by atoms with Crippen molar-refractivity contribution in [3.05, 3.63) is 221 Å². The van der Waals surface area contributed by atoms with Gasteiger partial charge in [-0.15, -0.1) is 24.3 Å². The van der Waals surface area contributed by atoms with E-state index in [2.05, 4.69) is 200 Å². The van der Waals surface area contributed by atoms with Crippen LogP contribution in [0.2, 0.25) is 0 Å². The van der Waals surface area contributed by atoms with Gasteiger partial charge in [0.2, 0.25) is 0 Å². The monoisotopic (exact) mass is 1150 g/mol. The summed E-state index contributed by atoms with van der Waals surface area (Å²) in [5.74, 6) is 0.895. The van der Waals surface area contributed by atoms with E-state index in [1.54, 1.807) is 7.11 Å². The smallest absolute Gasteiger partial charge is 0.495 e. The zero-order chi connectivity index (χ0) is 50.9. The second-order valence-corrected chi connectivity index (χ2v) is 19.8. The number of pyridine rings is 4. The van der Waals surface area contributed by atoms with E-state index >= 15 is 0 Å². The number of imidazole rings is 2. The predicted octanol–water partition coefficient (Wildman–Crippen LogP) is 16.5. The van der Waals surface area contributed by atoms with Gasteiger partial charge >= 0.3 is 21.1 Å². The molecule has 0 fully saturated rings. The molecule has 0 unspecified atom stereocenters. The second kappa shape index (κ2) is 19.5. The van der Waals surface area contributed by atoms with Crippen molar-refractivity contribution in [3.8, 4) is 61.4 Å². The van der Waals surface area contributed by atoms with Gasteiger partial charge in [0.1, 0.15) is 5.75 Å². The first-order chi connectivity index (χ1) is 35.9. The molecule has 368 valence electrons. The Hall–Kier alpha value is -8.25. The standard InChI is InChI=1S/C43H34N3O.C24H20N3.Pt/c1-26-20-36(31-10-7-6-8-11-31)42(47-5)37(21-26)32-15-13-30(14-16-32)33-22-27(2)39(28(3)23-33)34-24-29(4)40-38(25-34)46-19-18-45-43(46)35-12-9-17-44-41(35)40;1-14-10-15(2)21(16(3)11-14)18-12-17(4)22-20(13-18)27-9-8-26-24(27)19-6-5-7-25-23(19)22;/h6-11,13-25H,1-5H3;5,7-13H,1-4H3;/q2*-1;+2. The quantitative estimate of drug-likeness (QED) is 0.123. The molecule has 0 spiro atoms. The number of rotatable bonds is 6. The fourth-order valence-corrected chi connectivity index (χ4v) is 11.7. The van der Waals surface area contributed by atoms with Gasteiger partial charge in [0.25, 0.3) is 0 Å². The average Bonchev–Trinajstić information content (AvgIpc) is 4.11. The maximum atomic E-state index is 6.01. The minimum atomic E-state index is 0. The molecule has 0 aliphatic rings. The molecule has 6 heterocycles. The number of fused-ring (bicyclic) bond motifs is 12. The summed E-state index contributed by atoms with van der Waals surface area (Å²) in [5, 5.41) is 4.22. The third-order valence-corrected chi connectivity index (χ3v) is 14.7. The topological polar surface area (TPSA) is 69.6 Å². The third kappa shape index (κ3) is 8.46. The number of aryl methyl sites for hydroxylation is 8. The van der Waals surface area contributed by atoms with Crippen molar-refractivity contribution >= 4 is 54.9 Å². The molecule has 13 aromatic rings. The molecule has 8 heteroatoms. The Balaban J connectivity index is 0.000000182. The average molecular weight is 1150 g/mol. The second-order valence-electron chi connectivity index (χ2n) is 19.8. The fourth-order valence-electron chi connectivity index (χ4n) is 11.7. The van der Waals surface area contributed by atoms with Crippen LogP contribution in [0.5, 0.6) is 5.75 Å². The van der Waals surface area contributed by atoms with Gasteiger partial charge in [-0.3, -0.25) is 9.97 Å². The SMILES string of the molecule is COc1c(-c2ccccc2)cc(C)cc1-c1ccc(-c2cc(C)c(-c3cc(C)c4c5ncc[c-]c5c5nccn5c4c3)c(C)c2)cc1.Cc1cc(C)c(-c2cc(C)c3c4ncc[c-]c4c4nccn4c3c2)c(C)c1.[Pt+2]. The molecule has 0 saturated carbocycles. The number of methoxy groups -OCH3 is 1. The number of hydrogen-bond acceptors (Lipinski definition) is 5. The molecular weight excluding hydrogens is 1100 g/mol. The van der Waals surface area contributed by atoms with Crippen LogP contribution in [-0.4, -0.2) is 35.8 Å². The molecule has 7 aromatic carbocycles. The molecular formula is C67H54N6OPt. The van der Waals surface area contributed by atoms with Gasteiger partial charge in [0.05, 0.1) is 18.4 Å². The van der Waals surface area contributed by atoms with Gasteiger partial charge in [0, 0.05) is 46.9 Å². The first kappa shape index (κ1) is 49.0. The summed E-state index contributed by atoms with van der Waals surface area (Å²) in [4.78, 5) is 18.6. The Bertz CT molecular complexity index is 4330. The molecule has 0 aliphatic heterocycles. The van der Waals surface area contributed by atoms with Crippen molar-refractivity contribution in [1.82, 2.24) is 28.7 Å². The van der Waals surface area contributed by atoms with Crippen LogP contribution in [0.3, 0.4) is 0 Å². The molecule has 0 N–H and O–H groups in total. The third-order valence-electron chi connectivity index (χ3n) is 14.7. The first-order valence-corrected chi connectivity index (χ1v) is 25.1. The summed E-state index contributed by atoms with van der Waals surface area (Å²) < 4.78 is 10.3. The van der Waals surface area contributed by atoms with Crippen LogP contribution in [0.1, 0.15) is 44.5 Å². The minimum absolute atomic E-state index is 0. The zero-order valence-electron chi connectivity index (χ0n) is 43.5. The normalized spacial score (nSPS) is 11.4. The van der Waals surface area contributed by atoms with E-state index < -0.39 is 0 Å². The number of nitrogens with zero attached hydrogens (tertiary/aromatic N) is 6. The fraction of sp³-hybridized carbons (Fsp3) is 0.134. The molecule has 75 heavy (non-hydrogen) atoms. The van der Waals surface area contributed by atoms with Crippen LogP contribution in [0.25, 0.3) is 111 Å². The molecule has 0 atom stereocenters. The van der Waals surface area contributed by atoms with Gasteiger partial charge in [-0.25, -0.2) is 0 Å². The largest absolute Gasteiger partial charge is 2.00 e. The Morgan fingerprint density at radius 2 is 0.840 bits per heavy atom. The maximum absolute atomic E-state index is 6.01. The summed E-state index contributed by atoms with van der Waals surface area (Å²) in [5.41, 5.74) is 27.8. The van der Waals surface area contributed by atoms with Crippen LogP contribution in [0, 0.1) is 67.5 Å². The van der Waals surface area contributed by atoms with Crippen LogP contribution in [0.4, 0.5) is 0 Å². The van der Waals surface area contributed by atoms with Crippen molar-refractivity contribution in [3.63, 3.8) is 0 Å². The molecule has 7 nitrogen and oxygen atoms in total. The van der Waals surface area contributed by atoms with E-state index in [0.717, 1.165) is 77.5 Å². The Morgan fingerprint density at radius 3 is 1.32 bits per heavy atom. The molecule has 0 aliphatic carbocycles. The zero-order valence-corrected chi connectivity index (χ0v) is 45.8. The van der Waals surface area contributed by atoms with E-state index in [4.69, 9.17) is 9.72 Å². The minimum Gasteiger partial charge on any atom is -0.495 e. The molecule has 0 saturated heterocycles. The number of hydrogen-bond donors (Lipinski definition) is 0. The van der Waals surface area contributed by atoms with Crippen LogP contribution < -0.4 is 4.74 Å². The summed E-state index contributed by atoms with van der Waals surface area (Å²) in [6.07, 6.45) is 11.4. The van der Waals surface area contributed by atoms with Crippen molar-refractivity contribution in [2.24, 2.45) is 0 Å². The van der Waals surface area contributed by atoms with Gasteiger partial charge in [-0.05, 0) is 185 Å². The van der Waals surface area contributed by atoms with E-state index in [1.165, 1.54) is 83.3 Å². The summed E-state index contributed by atoms with van der Waals surface area (Å²) in [6, 6.07) is 52.4. The van der Waals surface area contributed by atoms with Crippen LogP contribution in [-0.2, 0) is 21.1 Å². The molecule has 6 aromatic heterocycles. The van der Waals surface area contributed by atoms with E-state index in [0.29, 0.717) is 0 Å². The summed E-state index contributed by atoms with van der Waals surface area (Å²) >= 11 is 0. The first-order valence-electron chi connectivity index (χ1n) is 25.1. The number of ether oxygens (including phenoxy) is 1. The molecule has 0 radical (unpaired) electrons. The predicted molar refractivity (Wildman–Crippen MR) is 305 cm³/mol. The van der Waals surface area contributed by atoms with Crippen molar-refractivity contribution in [2.75, 3.05) is 7.11 Å². The van der Waals surface area contributed by atoms with E-state index in [-0.39, 0.29) is 21.1 Å². The van der Waals surface area contributed by atoms with Crippen LogP contribution in [0.15, 0.2) is 165 Å². The van der Waals surface area contributed by atoms with Gasteiger partial charge < -0.3 is 23.5 Å². The Labute approximate surface area is 451 Å². The van der Waals surface area contributed by atoms with Crippen molar-refractivity contribution in [2.45, 2.75) is 55.4 Å². The van der Waals surface area contributed by atoms with Gasteiger partial charge in [0.15, 0.2) is 0 Å². The van der Waals surface area contributed by atoms with Crippen molar-refractivity contribution in [1.29, 1.82) is 0 Å². The number of benzene rings is 7. The summed E-state index contributed by atoms with van der Waals surface area (Å²) in [7, 11) is 1.76. The maximum Gasteiger partial charge on any atom is 2.00 e. The Kier molecular flexibility index (Phi) is 12.8. The van der Waals surface area contributed by atoms with E-state index in [9.17, 15) is 0 Å². The van der Waals surface area contributed by atoms with Crippen LogP contribution >= 0.6 is 0 Å². The van der Waals surface area contributed by atoms with Crippen molar-refractivity contribution < 1.29 is 25.8 Å². The number of aromatic nitrogens is 6. The molecule has 0 bridgehead atoms.